The Balaban J connectivity index is 1.87. The quantitative estimate of drug-likeness (QED) is 0.789. The first-order chi connectivity index (χ1) is 10.6. The summed E-state index contributed by atoms with van der Waals surface area (Å²) in [6.07, 6.45) is 3.37. The molecule has 0 saturated heterocycles. The van der Waals surface area contributed by atoms with Crippen LogP contribution in [-0.2, 0) is 4.79 Å². The van der Waals surface area contributed by atoms with Crippen LogP contribution in [-0.4, -0.2) is 10.9 Å². The third-order valence-corrected chi connectivity index (χ3v) is 3.67. The number of anilines is 1. The summed E-state index contributed by atoms with van der Waals surface area (Å²) >= 11 is 0. The van der Waals surface area contributed by atoms with Crippen LogP contribution in [0.15, 0.2) is 60.9 Å². The summed E-state index contributed by atoms with van der Waals surface area (Å²) < 4.78 is 13.3. The van der Waals surface area contributed by atoms with Crippen molar-refractivity contribution in [3.63, 3.8) is 0 Å². The maximum Gasteiger partial charge on any atom is 0.231 e. The van der Waals surface area contributed by atoms with Crippen molar-refractivity contribution in [2.45, 2.75) is 12.8 Å². The maximum absolute atomic E-state index is 13.3. The number of pyridine rings is 1. The van der Waals surface area contributed by atoms with E-state index in [2.05, 4.69) is 10.3 Å². The zero-order valence-electron chi connectivity index (χ0n) is 12.1. The summed E-state index contributed by atoms with van der Waals surface area (Å²) in [4.78, 5) is 16.5. The van der Waals surface area contributed by atoms with Crippen molar-refractivity contribution < 1.29 is 9.18 Å². The van der Waals surface area contributed by atoms with E-state index >= 15 is 0 Å². The Labute approximate surface area is 127 Å². The van der Waals surface area contributed by atoms with E-state index in [1.54, 1.807) is 31.5 Å². The number of benzene rings is 2. The lowest BCUT2D eigenvalue weighted by Crippen LogP contribution is -2.19. The Morgan fingerprint density at radius 2 is 1.95 bits per heavy atom. The van der Waals surface area contributed by atoms with E-state index in [9.17, 15) is 9.18 Å². The van der Waals surface area contributed by atoms with Gasteiger partial charge >= 0.3 is 0 Å². The van der Waals surface area contributed by atoms with Crippen LogP contribution in [0.25, 0.3) is 10.8 Å². The van der Waals surface area contributed by atoms with Gasteiger partial charge in [0.1, 0.15) is 5.82 Å². The Kier molecular flexibility index (Phi) is 3.83. The van der Waals surface area contributed by atoms with Gasteiger partial charge in [0.05, 0.1) is 17.8 Å². The molecule has 3 rings (SSSR count). The lowest BCUT2D eigenvalue weighted by molar-refractivity contribution is -0.117. The second kappa shape index (κ2) is 5.93. The number of hydrogen-bond acceptors (Lipinski definition) is 2. The number of halogens is 1. The van der Waals surface area contributed by atoms with Gasteiger partial charge < -0.3 is 5.32 Å². The predicted molar refractivity (Wildman–Crippen MR) is 85.2 cm³/mol. The highest BCUT2D eigenvalue weighted by molar-refractivity contribution is 6.03. The van der Waals surface area contributed by atoms with Crippen LogP contribution in [0.4, 0.5) is 10.1 Å². The van der Waals surface area contributed by atoms with Gasteiger partial charge in [0.25, 0.3) is 0 Å². The molecule has 0 bridgehead atoms. The number of hydrogen-bond donors (Lipinski definition) is 1. The van der Waals surface area contributed by atoms with Crippen LogP contribution < -0.4 is 5.32 Å². The fourth-order valence-electron chi connectivity index (χ4n) is 2.38. The number of fused-ring (bicyclic) bond motifs is 1. The molecule has 1 atom stereocenters. The summed E-state index contributed by atoms with van der Waals surface area (Å²) in [5, 5.41) is 4.76. The normalized spacial score (nSPS) is 12.1. The van der Waals surface area contributed by atoms with Gasteiger partial charge in [0.2, 0.25) is 5.91 Å². The highest BCUT2D eigenvalue weighted by Crippen LogP contribution is 2.24. The molecular formula is C18H15FN2O. The average Bonchev–Trinajstić information content (AvgIpc) is 2.54. The molecule has 110 valence electrons. The lowest BCUT2D eigenvalue weighted by Gasteiger charge is -2.14. The van der Waals surface area contributed by atoms with E-state index in [1.807, 2.05) is 24.3 Å². The zero-order valence-corrected chi connectivity index (χ0v) is 12.1. The van der Waals surface area contributed by atoms with Crippen LogP contribution in [0.1, 0.15) is 18.4 Å². The summed E-state index contributed by atoms with van der Waals surface area (Å²) in [6, 6.07) is 13.8. The molecule has 1 amide bonds. The third kappa shape index (κ3) is 2.81. The molecule has 3 aromatic rings. The Hall–Kier alpha value is -2.75. The van der Waals surface area contributed by atoms with E-state index in [0.29, 0.717) is 11.3 Å². The highest BCUT2D eigenvalue weighted by atomic mass is 19.1. The molecule has 22 heavy (non-hydrogen) atoms. The van der Waals surface area contributed by atoms with Gasteiger partial charge in [0.15, 0.2) is 0 Å². The van der Waals surface area contributed by atoms with Gasteiger partial charge in [-0.15, -0.1) is 0 Å². The molecule has 4 heteroatoms. The number of amides is 1. The van der Waals surface area contributed by atoms with Crippen molar-refractivity contribution in [1.82, 2.24) is 4.98 Å². The minimum Gasteiger partial charge on any atom is -0.324 e. The van der Waals surface area contributed by atoms with Crippen LogP contribution in [0.5, 0.6) is 0 Å². The van der Waals surface area contributed by atoms with Gasteiger partial charge in [-0.25, -0.2) is 4.39 Å². The van der Waals surface area contributed by atoms with E-state index in [0.717, 1.165) is 10.8 Å². The molecule has 0 saturated carbocycles. The largest absolute Gasteiger partial charge is 0.324 e. The fourth-order valence-corrected chi connectivity index (χ4v) is 2.38. The first kappa shape index (κ1) is 14.2. The minimum absolute atomic E-state index is 0.191. The van der Waals surface area contributed by atoms with E-state index in [-0.39, 0.29) is 11.7 Å². The Morgan fingerprint density at radius 3 is 2.77 bits per heavy atom. The molecule has 0 aliphatic rings. The number of aromatic nitrogens is 1. The smallest absolute Gasteiger partial charge is 0.231 e. The molecule has 0 spiro atoms. The lowest BCUT2D eigenvalue weighted by atomic mass is 10.00. The molecule has 1 unspecified atom stereocenters. The number of nitrogens with zero attached hydrogens (tertiary/aromatic N) is 1. The van der Waals surface area contributed by atoms with Crippen molar-refractivity contribution in [3.8, 4) is 0 Å². The summed E-state index contributed by atoms with van der Waals surface area (Å²) in [6.45, 7) is 1.75. The molecule has 0 aliphatic carbocycles. The Morgan fingerprint density at radius 1 is 1.14 bits per heavy atom. The van der Waals surface area contributed by atoms with Crippen LogP contribution in [0.2, 0.25) is 0 Å². The van der Waals surface area contributed by atoms with E-state index in [1.165, 1.54) is 12.1 Å². The molecule has 2 aromatic carbocycles. The number of carbonyl (C=O) groups excluding carboxylic acids is 1. The van der Waals surface area contributed by atoms with Crippen LogP contribution >= 0.6 is 0 Å². The second-order valence-corrected chi connectivity index (χ2v) is 5.17. The molecule has 3 nitrogen and oxygen atoms in total. The highest BCUT2D eigenvalue weighted by Gasteiger charge is 2.16. The molecule has 0 aliphatic heterocycles. The maximum atomic E-state index is 13.3. The number of rotatable bonds is 3. The zero-order chi connectivity index (χ0) is 15.5. The van der Waals surface area contributed by atoms with Crippen molar-refractivity contribution in [1.29, 1.82) is 0 Å². The van der Waals surface area contributed by atoms with Crippen LogP contribution in [0.3, 0.4) is 0 Å². The monoisotopic (exact) mass is 294 g/mol. The number of carbonyl (C=O) groups is 1. The molecule has 1 N–H and O–H groups in total. The van der Waals surface area contributed by atoms with Crippen molar-refractivity contribution in [3.05, 3.63) is 72.3 Å². The summed E-state index contributed by atoms with van der Waals surface area (Å²) in [5.74, 6) is -0.984. The molecule has 0 radical (unpaired) electrons. The standard InChI is InChI=1S/C18H15FN2O/c1-12(13-6-4-7-15(19)9-13)18(22)21-17-11-20-10-14-5-2-3-8-16(14)17/h2-12H,1H3,(H,21,22). The average molecular weight is 294 g/mol. The SMILES string of the molecule is CC(C(=O)Nc1cncc2ccccc12)c1cccc(F)c1. The summed E-state index contributed by atoms with van der Waals surface area (Å²) in [5.41, 5.74) is 1.30. The molecular weight excluding hydrogens is 279 g/mol. The van der Waals surface area contributed by atoms with Crippen molar-refractivity contribution >= 4 is 22.4 Å². The first-order valence-corrected chi connectivity index (χ1v) is 7.04. The number of nitrogens with one attached hydrogen (secondary N) is 1. The Bertz CT molecular complexity index is 827. The van der Waals surface area contributed by atoms with Gasteiger partial charge in [-0.3, -0.25) is 9.78 Å². The van der Waals surface area contributed by atoms with Crippen molar-refractivity contribution in [2.75, 3.05) is 5.32 Å². The van der Waals surface area contributed by atoms with Gasteiger partial charge in [-0.2, -0.15) is 0 Å². The van der Waals surface area contributed by atoms with Gasteiger partial charge in [-0.1, -0.05) is 36.4 Å². The predicted octanol–water partition coefficient (Wildman–Crippen LogP) is 4.12. The van der Waals surface area contributed by atoms with E-state index < -0.39 is 5.92 Å². The van der Waals surface area contributed by atoms with Crippen LogP contribution in [0, 0.1) is 5.82 Å². The minimum atomic E-state index is -0.449. The molecule has 1 aromatic heterocycles. The third-order valence-electron chi connectivity index (χ3n) is 3.67. The topological polar surface area (TPSA) is 42.0 Å². The van der Waals surface area contributed by atoms with Gasteiger partial charge in [-0.05, 0) is 24.6 Å². The molecule has 0 fully saturated rings. The fraction of sp³-hybridized carbons (Fsp3) is 0.111. The molecule has 1 heterocycles. The van der Waals surface area contributed by atoms with Crippen molar-refractivity contribution in [2.24, 2.45) is 0 Å². The second-order valence-electron chi connectivity index (χ2n) is 5.17. The summed E-state index contributed by atoms with van der Waals surface area (Å²) in [7, 11) is 0. The van der Waals surface area contributed by atoms with E-state index in [4.69, 9.17) is 0 Å². The van der Waals surface area contributed by atoms with Gasteiger partial charge in [0, 0.05) is 17.0 Å². The first-order valence-electron chi connectivity index (χ1n) is 7.04.